The summed E-state index contributed by atoms with van der Waals surface area (Å²) in [6.45, 7) is 5.82. The third-order valence-electron chi connectivity index (χ3n) is 3.85. The van der Waals surface area contributed by atoms with Gasteiger partial charge in [0.05, 0.1) is 12.5 Å². The zero-order valence-electron chi connectivity index (χ0n) is 12.3. The maximum atomic E-state index is 11.8. The second-order valence-electron chi connectivity index (χ2n) is 5.11. The van der Waals surface area contributed by atoms with E-state index in [-0.39, 0.29) is 5.92 Å². The minimum Gasteiger partial charge on any atom is -0.481 e. The van der Waals surface area contributed by atoms with Crippen molar-refractivity contribution in [3.63, 3.8) is 0 Å². The lowest BCUT2D eigenvalue weighted by molar-refractivity contribution is -0.112. The van der Waals surface area contributed by atoms with Crippen LogP contribution in [0.2, 0.25) is 0 Å². The zero-order valence-corrected chi connectivity index (χ0v) is 12.3. The van der Waals surface area contributed by atoms with E-state index in [1.807, 2.05) is 43.3 Å². The van der Waals surface area contributed by atoms with Crippen LogP contribution in [0.1, 0.15) is 24.0 Å². The number of methoxy groups -OCH3 is 1. The highest BCUT2D eigenvalue weighted by Crippen LogP contribution is 2.38. The molecule has 0 amide bonds. The molecule has 1 aromatic heterocycles. The molecule has 0 saturated heterocycles. The molecule has 0 spiro atoms. The Kier molecular flexibility index (Phi) is 4.53. The van der Waals surface area contributed by atoms with Crippen LogP contribution < -0.4 is 4.74 Å². The van der Waals surface area contributed by atoms with Crippen LogP contribution in [0.3, 0.4) is 0 Å². The lowest BCUT2D eigenvalue weighted by Crippen LogP contribution is -2.31. The number of carbonyl (C=O) groups is 1. The molecule has 2 atom stereocenters. The van der Waals surface area contributed by atoms with E-state index < -0.39 is 5.41 Å². The van der Waals surface area contributed by atoms with Gasteiger partial charge in [-0.3, -0.25) is 0 Å². The molecule has 1 heterocycles. The number of carbonyl (C=O) groups excluding carboxylic acids is 1. The molecule has 3 heteroatoms. The van der Waals surface area contributed by atoms with Crippen molar-refractivity contribution in [3.05, 3.63) is 72.4 Å². The molecule has 0 aliphatic heterocycles. The van der Waals surface area contributed by atoms with E-state index in [0.29, 0.717) is 5.88 Å². The maximum absolute atomic E-state index is 11.8. The minimum absolute atomic E-state index is 0.157. The van der Waals surface area contributed by atoms with E-state index in [1.165, 1.54) is 0 Å². The Labute approximate surface area is 125 Å². The predicted octanol–water partition coefficient (Wildman–Crippen LogP) is 3.52. The molecular weight excluding hydrogens is 262 g/mol. The first-order valence-corrected chi connectivity index (χ1v) is 6.80. The lowest BCUT2D eigenvalue weighted by atomic mass is 9.70. The van der Waals surface area contributed by atoms with Gasteiger partial charge in [-0.15, -0.1) is 6.58 Å². The fourth-order valence-electron chi connectivity index (χ4n) is 2.54. The number of hydrogen-bond acceptors (Lipinski definition) is 3. The van der Waals surface area contributed by atoms with Crippen LogP contribution in [0.25, 0.3) is 0 Å². The first-order chi connectivity index (χ1) is 10.2. The first-order valence-electron chi connectivity index (χ1n) is 6.80. The SMILES string of the molecule is C=C[C@@H](c1ccc(OC)nc1)[C@](C)(C=O)c1ccccc1. The summed E-state index contributed by atoms with van der Waals surface area (Å²) in [4.78, 5) is 16.1. The summed E-state index contributed by atoms with van der Waals surface area (Å²) in [6, 6.07) is 13.4. The zero-order chi connectivity index (χ0) is 15.3. The van der Waals surface area contributed by atoms with Crippen molar-refractivity contribution in [3.8, 4) is 5.88 Å². The van der Waals surface area contributed by atoms with Crippen molar-refractivity contribution < 1.29 is 9.53 Å². The number of allylic oxidation sites excluding steroid dienone is 1. The van der Waals surface area contributed by atoms with Crippen molar-refractivity contribution in [2.45, 2.75) is 18.3 Å². The number of hydrogen-bond donors (Lipinski definition) is 0. The van der Waals surface area contributed by atoms with Gasteiger partial charge in [0.25, 0.3) is 0 Å². The summed E-state index contributed by atoms with van der Waals surface area (Å²) in [7, 11) is 1.58. The van der Waals surface area contributed by atoms with Gasteiger partial charge in [-0.05, 0) is 18.1 Å². The number of rotatable bonds is 6. The summed E-state index contributed by atoms with van der Waals surface area (Å²) in [5.74, 6) is 0.393. The Bertz CT molecular complexity index is 607. The molecule has 0 saturated carbocycles. The van der Waals surface area contributed by atoms with Crippen molar-refractivity contribution >= 4 is 6.29 Å². The van der Waals surface area contributed by atoms with E-state index in [0.717, 1.165) is 17.4 Å². The van der Waals surface area contributed by atoms with Crippen molar-refractivity contribution in [2.24, 2.45) is 0 Å². The maximum Gasteiger partial charge on any atom is 0.212 e. The summed E-state index contributed by atoms with van der Waals surface area (Å²) < 4.78 is 5.07. The minimum atomic E-state index is -0.681. The Hall–Kier alpha value is -2.42. The van der Waals surface area contributed by atoms with Crippen LogP contribution in [-0.2, 0) is 10.2 Å². The molecular formula is C18H19NO2. The molecule has 1 aromatic carbocycles. The number of pyridine rings is 1. The Morgan fingerprint density at radius 2 is 1.95 bits per heavy atom. The topological polar surface area (TPSA) is 39.2 Å². The third kappa shape index (κ3) is 2.87. The van der Waals surface area contributed by atoms with Gasteiger partial charge in [0.15, 0.2) is 0 Å². The van der Waals surface area contributed by atoms with E-state index in [9.17, 15) is 4.79 Å². The van der Waals surface area contributed by atoms with Gasteiger partial charge in [0.2, 0.25) is 5.88 Å². The van der Waals surface area contributed by atoms with Crippen molar-refractivity contribution in [1.29, 1.82) is 0 Å². The molecule has 3 nitrogen and oxygen atoms in total. The molecule has 0 bridgehead atoms. The lowest BCUT2D eigenvalue weighted by Gasteiger charge is -2.31. The molecule has 2 aromatic rings. The fourth-order valence-corrected chi connectivity index (χ4v) is 2.54. The van der Waals surface area contributed by atoms with Crippen LogP contribution in [0.5, 0.6) is 5.88 Å². The third-order valence-corrected chi connectivity index (χ3v) is 3.85. The number of aldehydes is 1. The number of benzene rings is 1. The van der Waals surface area contributed by atoms with E-state index in [1.54, 1.807) is 25.4 Å². The second kappa shape index (κ2) is 6.35. The van der Waals surface area contributed by atoms with Gasteiger partial charge in [0.1, 0.15) is 6.29 Å². The predicted molar refractivity (Wildman–Crippen MR) is 83.6 cm³/mol. The average molecular weight is 281 g/mol. The van der Waals surface area contributed by atoms with Crippen LogP contribution >= 0.6 is 0 Å². The first kappa shape index (κ1) is 15.0. The smallest absolute Gasteiger partial charge is 0.212 e. The van der Waals surface area contributed by atoms with Gasteiger partial charge in [-0.25, -0.2) is 4.98 Å². The summed E-state index contributed by atoms with van der Waals surface area (Å²) >= 11 is 0. The van der Waals surface area contributed by atoms with E-state index in [2.05, 4.69) is 11.6 Å². The molecule has 2 rings (SSSR count). The largest absolute Gasteiger partial charge is 0.481 e. The molecule has 108 valence electrons. The monoisotopic (exact) mass is 281 g/mol. The van der Waals surface area contributed by atoms with Gasteiger partial charge in [-0.2, -0.15) is 0 Å². The normalized spacial score (nSPS) is 14.8. The molecule has 0 fully saturated rings. The highest BCUT2D eigenvalue weighted by atomic mass is 16.5. The van der Waals surface area contributed by atoms with Crippen LogP contribution in [0, 0.1) is 0 Å². The van der Waals surface area contributed by atoms with Crippen molar-refractivity contribution in [2.75, 3.05) is 7.11 Å². The van der Waals surface area contributed by atoms with Gasteiger partial charge >= 0.3 is 0 Å². The summed E-state index contributed by atoms with van der Waals surface area (Å²) in [5.41, 5.74) is 1.21. The standard InChI is InChI=1S/C18H19NO2/c1-4-16(14-10-11-17(21-3)19-12-14)18(2,13-20)15-8-6-5-7-9-15/h4-13,16H,1H2,2-3H3/t16-,18+/m0/s1. The van der Waals surface area contributed by atoms with Crippen LogP contribution in [-0.4, -0.2) is 18.4 Å². The van der Waals surface area contributed by atoms with Gasteiger partial charge in [0, 0.05) is 18.2 Å². The number of aromatic nitrogens is 1. The molecule has 21 heavy (non-hydrogen) atoms. The molecule has 0 radical (unpaired) electrons. The quantitative estimate of drug-likeness (QED) is 0.601. The second-order valence-corrected chi connectivity index (χ2v) is 5.11. The van der Waals surface area contributed by atoms with E-state index in [4.69, 9.17) is 4.74 Å². The molecule has 0 aliphatic carbocycles. The van der Waals surface area contributed by atoms with Gasteiger partial charge in [-0.1, -0.05) is 42.5 Å². The van der Waals surface area contributed by atoms with Crippen LogP contribution in [0.4, 0.5) is 0 Å². The van der Waals surface area contributed by atoms with Crippen molar-refractivity contribution in [1.82, 2.24) is 4.98 Å². The average Bonchev–Trinajstić information content (AvgIpc) is 2.56. The fraction of sp³-hybridized carbons (Fsp3) is 0.222. The number of nitrogens with zero attached hydrogens (tertiary/aromatic N) is 1. The molecule has 0 unspecified atom stereocenters. The van der Waals surface area contributed by atoms with Gasteiger partial charge < -0.3 is 9.53 Å². The highest BCUT2D eigenvalue weighted by Gasteiger charge is 2.35. The summed E-state index contributed by atoms with van der Waals surface area (Å²) in [6.07, 6.45) is 4.51. The van der Waals surface area contributed by atoms with Crippen LogP contribution in [0.15, 0.2) is 61.3 Å². The highest BCUT2D eigenvalue weighted by molar-refractivity contribution is 5.71. The number of ether oxygens (including phenoxy) is 1. The Morgan fingerprint density at radius 1 is 1.24 bits per heavy atom. The Morgan fingerprint density at radius 3 is 2.43 bits per heavy atom. The molecule has 0 N–H and O–H groups in total. The Balaban J connectivity index is 2.46. The molecule has 0 aliphatic rings. The summed E-state index contributed by atoms with van der Waals surface area (Å²) in [5, 5.41) is 0. The van der Waals surface area contributed by atoms with E-state index >= 15 is 0 Å².